The van der Waals surface area contributed by atoms with E-state index in [1.165, 1.54) is 0 Å². The Morgan fingerprint density at radius 1 is 1.14 bits per heavy atom. The van der Waals surface area contributed by atoms with Crippen LogP contribution in [0.3, 0.4) is 0 Å². The molecule has 1 atom stereocenters. The molecule has 0 aliphatic carbocycles. The van der Waals surface area contributed by atoms with E-state index in [1.807, 2.05) is 9.80 Å². The van der Waals surface area contributed by atoms with Crippen molar-refractivity contribution in [2.24, 2.45) is 5.92 Å². The van der Waals surface area contributed by atoms with E-state index >= 15 is 0 Å². The molecule has 2 aliphatic rings. The third-order valence-electron chi connectivity index (χ3n) is 4.47. The summed E-state index contributed by atoms with van der Waals surface area (Å²) in [5.74, 6) is 2.34. The second-order valence-corrected chi connectivity index (χ2v) is 6.82. The minimum atomic E-state index is -0.0312. The van der Waals surface area contributed by atoms with Crippen molar-refractivity contribution < 1.29 is 9.59 Å². The summed E-state index contributed by atoms with van der Waals surface area (Å²) in [5.41, 5.74) is 0. The van der Waals surface area contributed by atoms with Crippen LogP contribution in [0.25, 0.3) is 0 Å². The highest BCUT2D eigenvalue weighted by Crippen LogP contribution is 2.16. The van der Waals surface area contributed by atoms with Crippen molar-refractivity contribution in [1.82, 2.24) is 15.1 Å². The van der Waals surface area contributed by atoms with Gasteiger partial charge in [0.15, 0.2) is 0 Å². The Morgan fingerprint density at radius 3 is 2.43 bits per heavy atom. The minimum absolute atomic E-state index is 0.0312. The van der Waals surface area contributed by atoms with Crippen molar-refractivity contribution in [2.45, 2.75) is 39.2 Å². The first kappa shape index (κ1) is 16.6. The highest BCUT2D eigenvalue weighted by molar-refractivity contribution is 7.99. The van der Waals surface area contributed by atoms with E-state index in [2.05, 4.69) is 19.2 Å². The Balaban J connectivity index is 1.89. The Hall–Kier alpha value is -0.750. The number of amides is 2. The topological polar surface area (TPSA) is 52.7 Å². The number of carbonyl (C=O) groups excluding carboxylic acids is 2. The average Bonchev–Trinajstić information content (AvgIpc) is 2.92. The highest BCUT2D eigenvalue weighted by Gasteiger charge is 2.30. The second-order valence-electron chi connectivity index (χ2n) is 5.79. The molecular formula is C15H27N3O2S. The van der Waals surface area contributed by atoms with Gasteiger partial charge in [-0.05, 0) is 19.3 Å². The zero-order chi connectivity index (χ0) is 15.2. The van der Waals surface area contributed by atoms with E-state index in [4.69, 9.17) is 0 Å². The number of nitrogens with one attached hydrogen (secondary N) is 1. The summed E-state index contributed by atoms with van der Waals surface area (Å²) in [7, 11) is 0. The van der Waals surface area contributed by atoms with Gasteiger partial charge in [0.25, 0.3) is 0 Å². The molecule has 5 nitrogen and oxygen atoms in total. The summed E-state index contributed by atoms with van der Waals surface area (Å²) in [4.78, 5) is 28.8. The zero-order valence-electron chi connectivity index (χ0n) is 13.1. The molecule has 21 heavy (non-hydrogen) atoms. The molecule has 6 heteroatoms. The van der Waals surface area contributed by atoms with Gasteiger partial charge in [-0.3, -0.25) is 14.9 Å². The van der Waals surface area contributed by atoms with Gasteiger partial charge >= 0.3 is 0 Å². The fourth-order valence-corrected chi connectivity index (χ4v) is 3.96. The normalized spacial score (nSPS) is 23.5. The Morgan fingerprint density at radius 2 is 1.81 bits per heavy atom. The number of nitrogens with zero attached hydrogens (tertiary/aromatic N) is 2. The molecule has 0 aromatic heterocycles. The maximum atomic E-state index is 12.5. The largest absolute Gasteiger partial charge is 0.341 e. The van der Waals surface area contributed by atoms with E-state index in [9.17, 15) is 9.59 Å². The van der Waals surface area contributed by atoms with Gasteiger partial charge in [0, 0.05) is 43.7 Å². The smallest absolute Gasteiger partial charge is 0.240 e. The average molecular weight is 313 g/mol. The van der Waals surface area contributed by atoms with Crippen molar-refractivity contribution in [2.75, 3.05) is 37.8 Å². The lowest BCUT2D eigenvalue weighted by atomic mass is 10.0. The van der Waals surface area contributed by atoms with Crippen LogP contribution in [0.15, 0.2) is 0 Å². The number of hydrogen-bond acceptors (Lipinski definition) is 4. The van der Waals surface area contributed by atoms with Gasteiger partial charge in [-0.2, -0.15) is 0 Å². The van der Waals surface area contributed by atoms with Crippen molar-refractivity contribution in [3.63, 3.8) is 0 Å². The lowest BCUT2D eigenvalue weighted by Gasteiger charge is -2.26. The van der Waals surface area contributed by atoms with Crippen LogP contribution in [0.1, 0.15) is 33.1 Å². The van der Waals surface area contributed by atoms with Gasteiger partial charge in [-0.1, -0.05) is 13.8 Å². The number of carbonyl (C=O) groups is 2. The van der Waals surface area contributed by atoms with Crippen LogP contribution in [0.2, 0.25) is 0 Å². The lowest BCUT2D eigenvalue weighted by Crippen LogP contribution is -2.46. The molecular weight excluding hydrogens is 286 g/mol. The molecule has 2 amide bonds. The minimum Gasteiger partial charge on any atom is -0.341 e. The first-order valence-electron chi connectivity index (χ1n) is 8.06. The number of thioether (sulfide) groups is 1. The monoisotopic (exact) mass is 313 g/mol. The molecule has 0 radical (unpaired) electrons. The summed E-state index contributed by atoms with van der Waals surface area (Å²) in [5, 5.41) is 3.24. The van der Waals surface area contributed by atoms with Gasteiger partial charge in [0.05, 0.1) is 6.04 Å². The Labute approximate surface area is 131 Å². The van der Waals surface area contributed by atoms with Crippen LogP contribution in [0, 0.1) is 5.92 Å². The Kier molecular flexibility index (Phi) is 6.36. The summed E-state index contributed by atoms with van der Waals surface area (Å²) in [6, 6.07) is -0.0312. The predicted molar refractivity (Wildman–Crippen MR) is 86.1 cm³/mol. The molecule has 2 rings (SSSR count). The van der Waals surface area contributed by atoms with Gasteiger partial charge in [-0.15, -0.1) is 11.8 Å². The van der Waals surface area contributed by atoms with Crippen molar-refractivity contribution in [1.29, 1.82) is 0 Å². The van der Waals surface area contributed by atoms with Gasteiger partial charge < -0.3 is 9.80 Å². The fourth-order valence-electron chi connectivity index (χ4n) is 3.03. The molecule has 0 aromatic carbocycles. The third kappa shape index (κ3) is 4.13. The summed E-state index contributed by atoms with van der Waals surface area (Å²) >= 11 is 1.77. The SMILES string of the molecule is CCC(CC)C(=O)N1CCCN(C(=O)C2CSCN2)CC1. The van der Waals surface area contributed by atoms with Crippen LogP contribution in [0.4, 0.5) is 0 Å². The predicted octanol–water partition coefficient (Wildman–Crippen LogP) is 1.15. The maximum absolute atomic E-state index is 12.5. The lowest BCUT2D eigenvalue weighted by molar-refractivity contribution is -0.137. The van der Waals surface area contributed by atoms with E-state index in [0.717, 1.165) is 44.0 Å². The van der Waals surface area contributed by atoms with Crippen molar-refractivity contribution in [3.8, 4) is 0 Å². The van der Waals surface area contributed by atoms with Gasteiger partial charge in [-0.25, -0.2) is 0 Å². The van der Waals surface area contributed by atoms with E-state index in [1.54, 1.807) is 11.8 Å². The Bertz CT molecular complexity index is 346. The van der Waals surface area contributed by atoms with Crippen LogP contribution in [-0.2, 0) is 9.59 Å². The molecule has 120 valence electrons. The van der Waals surface area contributed by atoms with Crippen LogP contribution < -0.4 is 5.32 Å². The molecule has 0 aromatic rings. The van der Waals surface area contributed by atoms with Crippen LogP contribution in [-0.4, -0.2) is 65.5 Å². The molecule has 0 bridgehead atoms. The first-order valence-corrected chi connectivity index (χ1v) is 9.21. The molecule has 2 fully saturated rings. The highest BCUT2D eigenvalue weighted by atomic mass is 32.2. The zero-order valence-corrected chi connectivity index (χ0v) is 14.0. The van der Waals surface area contributed by atoms with E-state index < -0.39 is 0 Å². The molecule has 0 spiro atoms. The third-order valence-corrected chi connectivity index (χ3v) is 5.41. The summed E-state index contributed by atoms with van der Waals surface area (Å²) in [6.07, 6.45) is 2.69. The first-order chi connectivity index (χ1) is 10.2. The van der Waals surface area contributed by atoms with Crippen LogP contribution >= 0.6 is 11.8 Å². The molecule has 1 N–H and O–H groups in total. The second kappa shape index (κ2) is 8.03. The van der Waals surface area contributed by atoms with Gasteiger partial charge in [0.2, 0.25) is 11.8 Å². The van der Waals surface area contributed by atoms with E-state index in [0.29, 0.717) is 13.1 Å². The van der Waals surface area contributed by atoms with Crippen LogP contribution in [0.5, 0.6) is 0 Å². The number of rotatable bonds is 4. The molecule has 2 saturated heterocycles. The van der Waals surface area contributed by atoms with Crippen molar-refractivity contribution >= 4 is 23.6 Å². The molecule has 1 unspecified atom stereocenters. The molecule has 2 heterocycles. The molecule has 2 aliphatic heterocycles. The van der Waals surface area contributed by atoms with Crippen molar-refractivity contribution in [3.05, 3.63) is 0 Å². The standard InChI is InChI=1S/C15H27N3O2S/c1-3-12(4-2)14(19)17-6-5-7-18(9-8-17)15(20)13-10-21-11-16-13/h12-13,16H,3-11H2,1-2H3. The maximum Gasteiger partial charge on any atom is 0.240 e. The van der Waals surface area contributed by atoms with Gasteiger partial charge in [0.1, 0.15) is 0 Å². The summed E-state index contributed by atoms with van der Waals surface area (Å²) in [6.45, 7) is 7.06. The quantitative estimate of drug-likeness (QED) is 0.846. The fraction of sp³-hybridized carbons (Fsp3) is 0.867. The van der Waals surface area contributed by atoms with E-state index in [-0.39, 0.29) is 23.8 Å². The molecule has 0 saturated carbocycles. The summed E-state index contributed by atoms with van der Waals surface area (Å²) < 4.78 is 0. The number of hydrogen-bond donors (Lipinski definition) is 1.